The smallest absolute Gasteiger partial charge is 0.337 e. The van der Waals surface area contributed by atoms with Crippen LogP contribution in [0.15, 0.2) is 72.8 Å². The van der Waals surface area contributed by atoms with Gasteiger partial charge in [-0.1, -0.05) is 42.8 Å². The van der Waals surface area contributed by atoms with Gasteiger partial charge in [-0.05, 0) is 48.9 Å². The number of Topliss-reactive ketones (excluding diaryl/α,β-unsaturated/α-hetero) is 1. The molecule has 0 radical (unpaired) electrons. The minimum absolute atomic E-state index is 0.150. The molecular formula is C32H23ClF6N2O3. The van der Waals surface area contributed by atoms with E-state index in [1.54, 1.807) is 44.2 Å². The lowest BCUT2D eigenvalue weighted by molar-refractivity contribution is 0.0697. The first kappa shape index (κ1) is 33.6. The summed E-state index contributed by atoms with van der Waals surface area (Å²) in [5, 5.41) is 8.94. The number of nitrogen functional groups attached to an aromatic ring is 1. The second-order valence-electron chi connectivity index (χ2n) is 9.08. The predicted molar refractivity (Wildman–Crippen MR) is 156 cm³/mol. The lowest BCUT2D eigenvalue weighted by Gasteiger charge is -2.11. The highest BCUT2D eigenvalue weighted by atomic mass is 35.5. The Morgan fingerprint density at radius 3 is 1.91 bits per heavy atom. The van der Waals surface area contributed by atoms with Crippen molar-refractivity contribution in [3.8, 4) is 11.3 Å². The molecule has 0 spiro atoms. The number of rotatable bonds is 4. The van der Waals surface area contributed by atoms with E-state index in [-0.39, 0.29) is 33.1 Å². The van der Waals surface area contributed by atoms with Gasteiger partial charge < -0.3 is 10.8 Å². The number of carbonyl (C=O) groups is 2. The summed E-state index contributed by atoms with van der Waals surface area (Å²) in [5.41, 5.74) is 5.85. The first-order chi connectivity index (χ1) is 20.8. The molecule has 0 saturated carbocycles. The highest BCUT2D eigenvalue weighted by molar-refractivity contribution is 6.36. The first-order valence-corrected chi connectivity index (χ1v) is 13.1. The molecule has 4 aromatic carbocycles. The number of benzene rings is 4. The molecule has 12 heteroatoms. The Kier molecular flexibility index (Phi) is 11.1. The summed E-state index contributed by atoms with van der Waals surface area (Å²) in [5.74, 6) is -6.81. The minimum atomic E-state index is -1.38. The van der Waals surface area contributed by atoms with Crippen LogP contribution in [0, 0.1) is 41.8 Å². The molecule has 0 amide bonds. The second-order valence-corrected chi connectivity index (χ2v) is 9.46. The maximum Gasteiger partial charge on any atom is 0.337 e. The van der Waals surface area contributed by atoms with Crippen LogP contribution in [-0.2, 0) is 0 Å². The molecule has 44 heavy (non-hydrogen) atoms. The standard InChI is InChI=1S/C16H9ClF3N.C9H9FO.C7H5F2NO2/c1-8-15(17)10-6-12(19)13(20)7-14(10)21-16(8)9-4-2-3-5-11(9)18;1-2-9(11)7-5-3-4-6-8(7)10;8-4-1-3(7(11)12)6(10)2-5(4)9/h2-7H,1H3;3-6H,2H2,1H3;1-2H,10H2,(H,11,12). The quantitative estimate of drug-likeness (QED) is 0.117. The summed E-state index contributed by atoms with van der Waals surface area (Å²) in [7, 11) is 0. The summed E-state index contributed by atoms with van der Waals surface area (Å²) in [4.78, 5) is 25.5. The summed E-state index contributed by atoms with van der Waals surface area (Å²) in [6, 6.07) is 15.3. The van der Waals surface area contributed by atoms with Gasteiger partial charge in [0.05, 0.1) is 27.4 Å². The number of aromatic carboxylic acids is 1. The van der Waals surface area contributed by atoms with Crippen molar-refractivity contribution in [2.45, 2.75) is 20.3 Å². The van der Waals surface area contributed by atoms with Gasteiger partial charge in [-0.25, -0.2) is 36.1 Å². The third-order valence-corrected chi connectivity index (χ3v) is 6.63. The number of carboxylic acids is 1. The van der Waals surface area contributed by atoms with Gasteiger partial charge in [-0.2, -0.15) is 0 Å². The molecule has 1 aromatic heterocycles. The van der Waals surface area contributed by atoms with Crippen molar-refractivity contribution >= 4 is 39.9 Å². The molecule has 5 aromatic rings. The van der Waals surface area contributed by atoms with Gasteiger partial charge in [-0.3, -0.25) is 4.79 Å². The van der Waals surface area contributed by atoms with Crippen LogP contribution >= 0.6 is 11.6 Å². The van der Waals surface area contributed by atoms with Crippen molar-refractivity contribution in [3.63, 3.8) is 0 Å². The van der Waals surface area contributed by atoms with E-state index in [2.05, 4.69) is 4.98 Å². The van der Waals surface area contributed by atoms with Crippen LogP contribution in [0.1, 0.15) is 39.6 Å². The molecule has 0 bridgehead atoms. The van der Waals surface area contributed by atoms with Gasteiger partial charge in [0.1, 0.15) is 11.6 Å². The average Bonchev–Trinajstić information content (AvgIpc) is 2.99. The number of fused-ring (bicyclic) bond motifs is 1. The zero-order chi connectivity index (χ0) is 32.7. The van der Waals surface area contributed by atoms with Crippen molar-refractivity contribution in [1.29, 1.82) is 0 Å². The Balaban J connectivity index is 0.000000196. The van der Waals surface area contributed by atoms with Crippen LogP contribution in [0.3, 0.4) is 0 Å². The minimum Gasteiger partial charge on any atom is -0.478 e. The number of aromatic nitrogens is 1. The summed E-state index contributed by atoms with van der Waals surface area (Å²) in [6.07, 6.45) is 0.348. The molecule has 0 saturated heterocycles. The molecule has 0 aliphatic rings. The number of carbonyl (C=O) groups excluding carboxylic acids is 1. The van der Waals surface area contributed by atoms with Crippen LogP contribution < -0.4 is 5.73 Å². The summed E-state index contributed by atoms with van der Waals surface area (Å²) >= 11 is 6.21. The number of hydrogen-bond donors (Lipinski definition) is 2. The van der Waals surface area contributed by atoms with E-state index in [1.807, 2.05) is 0 Å². The highest BCUT2D eigenvalue weighted by Crippen LogP contribution is 2.34. The molecule has 0 aliphatic heterocycles. The number of ketones is 1. The third-order valence-electron chi connectivity index (χ3n) is 6.14. The Hall–Kier alpha value is -4.90. The van der Waals surface area contributed by atoms with E-state index in [0.717, 1.165) is 12.1 Å². The van der Waals surface area contributed by atoms with Crippen LogP contribution in [0.5, 0.6) is 0 Å². The highest BCUT2D eigenvalue weighted by Gasteiger charge is 2.17. The number of hydrogen-bond acceptors (Lipinski definition) is 4. The van der Waals surface area contributed by atoms with Crippen LogP contribution in [0.2, 0.25) is 5.02 Å². The van der Waals surface area contributed by atoms with Gasteiger partial charge in [0.15, 0.2) is 29.1 Å². The Morgan fingerprint density at radius 2 is 1.32 bits per heavy atom. The van der Waals surface area contributed by atoms with Crippen molar-refractivity contribution in [1.82, 2.24) is 4.98 Å². The maximum atomic E-state index is 13.9. The normalized spacial score (nSPS) is 10.4. The molecule has 0 unspecified atom stereocenters. The largest absolute Gasteiger partial charge is 0.478 e. The van der Waals surface area contributed by atoms with Crippen molar-refractivity contribution in [3.05, 3.63) is 129 Å². The van der Waals surface area contributed by atoms with E-state index in [0.29, 0.717) is 35.2 Å². The average molecular weight is 633 g/mol. The number of nitrogens with zero attached hydrogens (tertiary/aromatic N) is 1. The third kappa shape index (κ3) is 7.73. The number of anilines is 1. The Bertz CT molecular complexity index is 1870. The van der Waals surface area contributed by atoms with Crippen molar-refractivity contribution < 1.29 is 41.0 Å². The van der Waals surface area contributed by atoms with E-state index in [1.165, 1.54) is 18.2 Å². The van der Waals surface area contributed by atoms with E-state index < -0.39 is 46.4 Å². The molecule has 1 heterocycles. The fourth-order valence-electron chi connectivity index (χ4n) is 3.86. The maximum absolute atomic E-state index is 13.9. The molecule has 228 valence electrons. The first-order valence-electron chi connectivity index (χ1n) is 12.7. The van der Waals surface area contributed by atoms with E-state index >= 15 is 0 Å². The zero-order valence-electron chi connectivity index (χ0n) is 23.1. The second kappa shape index (κ2) is 14.5. The fourth-order valence-corrected chi connectivity index (χ4v) is 4.10. The van der Waals surface area contributed by atoms with Gasteiger partial charge in [0.25, 0.3) is 0 Å². The lowest BCUT2D eigenvalue weighted by atomic mass is 10.0. The molecule has 0 fully saturated rings. The monoisotopic (exact) mass is 632 g/mol. The summed E-state index contributed by atoms with van der Waals surface area (Å²) in [6.45, 7) is 3.38. The molecule has 5 rings (SSSR count). The lowest BCUT2D eigenvalue weighted by Crippen LogP contribution is -2.04. The van der Waals surface area contributed by atoms with Gasteiger partial charge >= 0.3 is 5.97 Å². The zero-order valence-corrected chi connectivity index (χ0v) is 23.8. The van der Waals surface area contributed by atoms with Gasteiger partial charge in [0.2, 0.25) is 0 Å². The molecule has 0 atom stereocenters. The predicted octanol–water partition coefficient (Wildman–Crippen LogP) is 8.94. The number of nitrogens with two attached hydrogens (primary N) is 1. The fraction of sp³-hybridized carbons (Fsp3) is 0.0938. The Morgan fingerprint density at radius 1 is 0.773 bits per heavy atom. The molecule has 5 nitrogen and oxygen atoms in total. The molecule has 3 N–H and O–H groups in total. The Labute approximate surface area is 252 Å². The van der Waals surface area contributed by atoms with E-state index in [4.69, 9.17) is 22.4 Å². The number of halogens is 7. The topological polar surface area (TPSA) is 93.3 Å². The number of carboxylic acid groups (broad SMARTS) is 1. The number of pyridine rings is 1. The molecular weight excluding hydrogens is 610 g/mol. The van der Waals surface area contributed by atoms with Crippen molar-refractivity contribution in [2.24, 2.45) is 0 Å². The van der Waals surface area contributed by atoms with Crippen LogP contribution in [-0.4, -0.2) is 21.8 Å². The summed E-state index contributed by atoms with van der Waals surface area (Å²) < 4.78 is 78.2. The molecule has 0 aliphatic carbocycles. The van der Waals surface area contributed by atoms with Gasteiger partial charge in [-0.15, -0.1) is 0 Å². The van der Waals surface area contributed by atoms with Crippen LogP contribution in [0.4, 0.5) is 32.0 Å². The van der Waals surface area contributed by atoms with E-state index in [9.17, 15) is 35.9 Å². The van der Waals surface area contributed by atoms with Crippen LogP contribution in [0.25, 0.3) is 22.2 Å². The van der Waals surface area contributed by atoms with Crippen molar-refractivity contribution in [2.75, 3.05) is 5.73 Å². The van der Waals surface area contributed by atoms with Gasteiger partial charge in [0, 0.05) is 35.2 Å². The SMILES string of the molecule is CCC(=O)c1ccccc1F.Cc1c(-c2ccccc2F)nc2cc(F)c(F)cc2c1Cl.Nc1cc(F)c(F)cc1C(=O)O.